The Morgan fingerprint density at radius 3 is 2.03 bits per heavy atom. The van der Waals surface area contributed by atoms with E-state index in [-0.39, 0.29) is 16.5 Å². The maximum Gasteiger partial charge on any atom is 0.422 e. The van der Waals surface area contributed by atoms with E-state index in [1.54, 1.807) is 12.1 Å². The van der Waals surface area contributed by atoms with Gasteiger partial charge in [-0.25, -0.2) is 13.2 Å². The van der Waals surface area contributed by atoms with Gasteiger partial charge in [0.2, 0.25) is 0 Å². The standard InChI is InChI=1S/C31H34F6/c1-2-3-4-5-6-20-7-9-21(10-8-20)11-12-22-13-15-25-23(17-22)14-16-26(30(25)34)24-18-27(32)29(28(33)19-24)31(35,36)37/h13-21H,2-12H2,1H3. The highest BCUT2D eigenvalue weighted by Crippen LogP contribution is 2.38. The number of halogens is 6. The van der Waals surface area contributed by atoms with Crippen molar-refractivity contribution in [1.29, 1.82) is 0 Å². The minimum atomic E-state index is -5.17. The van der Waals surface area contributed by atoms with Crippen LogP contribution in [0.2, 0.25) is 0 Å². The zero-order valence-electron chi connectivity index (χ0n) is 21.2. The van der Waals surface area contributed by atoms with Gasteiger partial charge in [-0.1, -0.05) is 95.0 Å². The molecule has 1 fully saturated rings. The quantitative estimate of drug-likeness (QED) is 0.194. The minimum absolute atomic E-state index is 0.141. The van der Waals surface area contributed by atoms with Gasteiger partial charge in [0, 0.05) is 10.9 Å². The monoisotopic (exact) mass is 520 g/mol. The first-order valence-corrected chi connectivity index (χ1v) is 13.4. The number of aryl methyl sites for hydroxylation is 1. The van der Waals surface area contributed by atoms with Gasteiger partial charge in [-0.05, 0) is 53.3 Å². The molecular formula is C31H34F6. The van der Waals surface area contributed by atoms with E-state index in [4.69, 9.17) is 0 Å². The maximum atomic E-state index is 15.3. The molecule has 1 aliphatic carbocycles. The summed E-state index contributed by atoms with van der Waals surface area (Å²) in [5.41, 5.74) is -1.28. The predicted octanol–water partition coefficient (Wildman–Crippen LogP) is 10.7. The van der Waals surface area contributed by atoms with Gasteiger partial charge in [-0.15, -0.1) is 0 Å². The van der Waals surface area contributed by atoms with Crippen LogP contribution in [0.4, 0.5) is 26.3 Å². The van der Waals surface area contributed by atoms with Crippen LogP contribution in [0.25, 0.3) is 21.9 Å². The van der Waals surface area contributed by atoms with Gasteiger partial charge >= 0.3 is 6.18 Å². The van der Waals surface area contributed by atoms with Gasteiger partial charge in [0.25, 0.3) is 0 Å². The van der Waals surface area contributed by atoms with Gasteiger partial charge in [-0.3, -0.25) is 0 Å². The molecule has 0 aromatic heterocycles. The Morgan fingerprint density at radius 1 is 0.757 bits per heavy atom. The lowest BCUT2D eigenvalue weighted by molar-refractivity contribution is -0.142. The molecule has 0 amide bonds. The summed E-state index contributed by atoms with van der Waals surface area (Å²) < 4.78 is 82.0. The van der Waals surface area contributed by atoms with Crippen molar-refractivity contribution < 1.29 is 26.3 Å². The molecule has 0 saturated heterocycles. The Bertz CT molecular complexity index is 1180. The lowest BCUT2D eigenvalue weighted by atomic mass is 9.77. The molecule has 0 spiro atoms. The molecule has 0 aliphatic heterocycles. The van der Waals surface area contributed by atoms with Crippen molar-refractivity contribution in [1.82, 2.24) is 0 Å². The number of benzene rings is 3. The lowest BCUT2D eigenvalue weighted by Crippen LogP contribution is -2.15. The number of alkyl halides is 3. The molecule has 3 aromatic carbocycles. The van der Waals surface area contributed by atoms with Gasteiger partial charge < -0.3 is 0 Å². The highest BCUT2D eigenvalue weighted by atomic mass is 19.4. The van der Waals surface area contributed by atoms with Gasteiger partial charge in [-0.2, -0.15) is 13.2 Å². The molecule has 4 rings (SSSR count). The average Bonchev–Trinajstić information content (AvgIpc) is 2.85. The second-order valence-electron chi connectivity index (χ2n) is 10.6. The molecule has 0 bridgehead atoms. The summed E-state index contributed by atoms with van der Waals surface area (Å²) in [5, 5.41) is 0.924. The molecule has 0 radical (unpaired) electrons. The summed E-state index contributed by atoms with van der Waals surface area (Å²) in [6.07, 6.45) is 8.65. The Balaban J connectivity index is 1.40. The van der Waals surface area contributed by atoms with Crippen molar-refractivity contribution in [3.05, 3.63) is 71.0 Å². The summed E-state index contributed by atoms with van der Waals surface area (Å²) in [5.74, 6) is -2.64. The zero-order chi connectivity index (χ0) is 26.6. The fourth-order valence-corrected chi connectivity index (χ4v) is 5.76. The van der Waals surface area contributed by atoms with Crippen LogP contribution in [0, 0.1) is 29.3 Å². The minimum Gasteiger partial charge on any atom is -0.206 e. The van der Waals surface area contributed by atoms with E-state index >= 15 is 4.39 Å². The van der Waals surface area contributed by atoms with Crippen LogP contribution in [-0.2, 0) is 12.6 Å². The predicted molar refractivity (Wildman–Crippen MR) is 137 cm³/mol. The van der Waals surface area contributed by atoms with Gasteiger partial charge in [0.05, 0.1) is 0 Å². The van der Waals surface area contributed by atoms with E-state index < -0.39 is 29.2 Å². The van der Waals surface area contributed by atoms with Gasteiger partial charge in [0.15, 0.2) is 0 Å². The summed E-state index contributed by atoms with van der Waals surface area (Å²) in [6.45, 7) is 2.24. The molecule has 37 heavy (non-hydrogen) atoms. The molecule has 1 saturated carbocycles. The van der Waals surface area contributed by atoms with E-state index in [0.29, 0.717) is 23.4 Å². The van der Waals surface area contributed by atoms with Crippen molar-refractivity contribution in [2.75, 3.05) is 0 Å². The Morgan fingerprint density at radius 2 is 1.41 bits per heavy atom. The number of unbranched alkanes of at least 4 members (excludes halogenated alkanes) is 3. The second kappa shape index (κ2) is 11.9. The summed E-state index contributed by atoms with van der Waals surface area (Å²) in [7, 11) is 0. The van der Waals surface area contributed by atoms with Crippen molar-refractivity contribution in [3.63, 3.8) is 0 Å². The van der Waals surface area contributed by atoms with Crippen LogP contribution in [0.15, 0.2) is 42.5 Å². The van der Waals surface area contributed by atoms with Crippen molar-refractivity contribution >= 4 is 10.8 Å². The fourth-order valence-electron chi connectivity index (χ4n) is 5.76. The highest BCUT2D eigenvalue weighted by molar-refractivity contribution is 5.88. The van der Waals surface area contributed by atoms with Crippen molar-refractivity contribution in [2.24, 2.45) is 11.8 Å². The van der Waals surface area contributed by atoms with E-state index in [1.165, 1.54) is 63.9 Å². The molecule has 0 nitrogen and oxygen atoms in total. The average molecular weight is 521 g/mol. The van der Waals surface area contributed by atoms with E-state index in [0.717, 1.165) is 24.3 Å². The largest absolute Gasteiger partial charge is 0.422 e. The first kappa shape index (κ1) is 27.5. The molecular weight excluding hydrogens is 486 g/mol. The third kappa shape index (κ3) is 6.69. The summed E-state index contributed by atoms with van der Waals surface area (Å²) in [4.78, 5) is 0. The van der Waals surface area contributed by atoms with Crippen LogP contribution in [0.5, 0.6) is 0 Å². The zero-order valence-corrected chi connectivity index (χ0v) is 21.2. The van der Waals surface area contributed by atoms with E-state index in [2.05, 4.69) is 6.92 Å². The molecule has 200 valence electrons. The molecule has 3 aromatic rings. The first-order valence-electron chi connectivity index (χ1n) is 13.4. The fraction of sp³-hybridized carbons (Fsp3) is 0.484. The van der Waals surface area contributed by atoms with Crippen LogP contribution in [0.3, 0.4) is 0 Å². The summed E-state index contributed by atoms with van der Waals surface area (Å²) >= 11 is 0. The molecule has 0 N–H and O–H groups in total. The van der Waals surface area contributed by atoms with E-state index in [9.17, 15) is 22.0 Å². The summed E-state index contributed by atoms with van der Waals surface area (Å²) in [6, 6.07) is 9.51. The highest BCUT2D eigenvalue weighted by Gasteiger charge is 2.38. The number of hydrogen-bond acceptors (Lipinski definition) is 0. The molecule has 6 heteroatoms. The Kier molecular flexibility index (Phi) is 8.86. The Labute approximate surface area is 215 Å². The van der Waals surface area contributed by atoms with Crippen LogP contribution in [-0.4, -0.2) is 0 Å². The van der Waals surface area contributed by atoms with Crippen molar-refractivity contribution in [2.45, 2.75) is 83.7 Å². The topological polar surface area (TPSA) is 0 Å². The molecule has 1 aliphatic rings. The van der Waals surface area contributed by atoms with Crippen LogP contribution >= 0.6 is 0 Å². The SMILES string of the molecule is CCCCCCC1CCC(CCc2ccc3c(F)c(-c4cc(F)c(C(F)(F)F)c(F)c4)ccc3c2)CC1. The second-order valence-corrected chi connectivity index (χ2v) is 10.6. The lowest BCUT2D eigenvalue weighted by Gasteiger charge is -2.28. The van der Waals surface area contributed by atoms with Gasteiger partial charge in [0.1, 0.15) is 23.0 Å². The Hall–Kier alpha value is -2.50. The number of hydrogen-bond donors (Lipinski definition) is 0. The van der Waals surface area contributed by atoms with Crippen molar-refractivity contribution in [3.8, 4) is 11.1 Å². The van der Waals surface area contributed by atoms with Crippen LogP contribution in [0.1, 0.15) is 82.3 Å². The third-order valence-corrected chi connectivity index (χ3v) is 7.93. The third-order valence-electron chi connectivity index (χ3n) is 7.93. The molecule has 0 unspecified atom stereocenters. The normalized spacial score (nSPS) is 18.5. The number of fused-ring (bicyclic) bond motifs is 1. The number of rotatable bonds is 9. The van der Waals surface area contributed by atoms with E-state index in [1.807, 2.05) is 12.1 Å². The molecule has 0 heterocycles. The van der Waals surface area contributed by atoms with Crippen LogP contribution < -0.4 is 0 Å². The smallest absolute Gasteiger partial charge is 0.206 e. The molecule has 0 atom stereocenters. The maximum absolute atomic E-state index is 15.3. The first-order chi connectivity index (χ1) is 17.7.